The van der Waals surface area contributed by atoms with Crippen molar-refractivity contribution < 1.29 is 9.59 Å². The van der Waals surface area contributed by atoms with Crippen molar-refractivity contribution in [2.24, 2.45) is 0 Å². The number of aromatic amines is 1. The van der Waals surface area contributed by atoms with Crippen molar-refractivity contribution in [2.75, 3.05) is 0 Å². The molecule has 0 saturated carbocycles. The minimum absolute atomic E-state index is 0.102. The van der Waals surface area contributed by atoms with Crippen LogP contribution in [-0.2, 0) is 0 Å². The summed E-state index contributed by atoms with van der Waals surface area (Å²) in [5.41, 5.74) is 4.82. The third-order valence-electron chi connectivity index (χ3n) is 3.26. The molecule has 24 heavy (non-hydrogen) atoms. The van der Waals surface area contributed by atoms with E-state index in [1.165, 1.54) is 30.9 Å². The third-order valence-corrected chi connectivity index (χ3v) is 3.26. The molecule has 3 aromatic rings. The lowest BCUT2D eigenvalue weighted by Crippen LogP contribution is -2.43. The molecule has 2 amide bonds. The Morgan fingerprint density at radius 1 is 1.00 bits per heavy atom. The molecule has 0 aliphatic carbocycles. The second-order valence-corrected chi connectivity index (χ2v) is 4.81. The fourth-order valence-corrected chi connectivity index (χ4v) is 2.10. The van der Waals surface area contributed by atoms with Crippen LogP contribution in [-0.4, -0.2) is 26.3 Å². The van der Waals surface area contributed by atoms with E-state index in [1.54, 1.807) is 4.57 Å². The molecule has 1 aromatic carbocycles. The van der Waals surface area contributed by atoms with Crippen molar-refractivity contribution in [3.05, 3.63) is 82.8 Å². The van der Waals surface area contributed by atoms with E-state index in [4.69, 9.17) is 0 Å². The number of para-hydroxylation sites is 1. The summed E-state index contributed by atoms with van der Waals surface area (Å²) in [6, 6.07) is 12.0. The summed E-state index contributed by atoms with van der Waals surface area (Å²) in [4.78, 5) is 42.0. The average Bonchev–Trinajstić information content (AvgIpc) is 3.10. The van der Waals surface area contributed by atoms with Gasteiger partial charge in [0.05, 0.1) is 12.5 Å². The first-order valence-corrected chi connectivity index (χ1v) is 7.03. The van der Waals surface area contributed by atoms with Gasteiger partial charge in [-0.3, -0.25) is 29.8 Å². The van der Waals surface area contributed by atoms with Crippen LogP contribution in [0.15, 0.2) is 66.0 Å². The van der Waals surface area contributed by atoms with Gasteiger partial charge in [-0.25, -0.2) is 4.98 Å². The molecule has 0 aliphatic rings. The van der Waals surface area contributed by atoms with Crippen LogP contribution in [0.1, 0.15) is 20.8 Å². The number of carbonyl (C=O) groups excluding carboxylic acids is 2. The molecule has 8 heteroatoms. The van der Waals surface area contributed by atoms with Gasteiger partial charge in [0.1, 0.15) is 11.3 Å². The van der Waals surface area contributed by atoms with Gasteiger partial charge in [-0.1, -0.05) is 18.2 Å². The van der Waals surface area contributed by atoms with Crippen molar-refractivity contribution in [3.63, 3.8) is 0 Å². The number of nitrogens with one attached hydrogen (secondary N) is 3. The maximum Gasteiger partial charge on any atom is 0.288 e. The number of nitrogens with zero attached hydrogens (tertiary/aromatic N) is 2. The number of rotatable bonds is 3. The summed E-state index contributed by atoms with van der Waals surface area (Å²) in [5, 5.41) is 0. The highest BCUT2D eigenvalue weighted by molar-refractivity contribution is 5.98. The molecule has 0 bridgehead atoms. The second kappa shape index (κ2) is 6.61. The summed E-state index contributed by atoms with van der Waals surface area (Å²) in [6.45, 7) is 0. The number of imidazole rings is 1. The topological polar surface area (TPSA) is 109 Å². The molecule has 0 unspecified atom stereocenters. The number of hydrazine groups is 1. The van der Waals surface area contributed by atoms with E-state index in [-0.39, 0.29) is 11.3 Å². The zero-order chi connectivity index (χ0) is 16.9. The normalized spacial score (nSPS) is 10.2. The van der Waals surface area contributed by atoms with Gasteiger partial charge in [0.15, 0.2) is 0 Å². The molecular formula is C16H13N5O3. The summed E-state index contributed by atoms with van der Waals surface area (Å²) in [7, 11) is 0. The predicted molar refractivity (Wildman–Crippen MR) is 85.6 cm³/mol. The lowest BCUT2D eigenvalue weighted by atomic mass is 10.3. The number of pyridine rings is 1. The highest BCUT2D eigenvalue weighted by Gasteiger charge is 2.15. The van der Waals surface area contributed by atoms with Crippen LogP contribution < -0.4 is 16.4 Å². The molecule has 0 radical (unpaired) electrons. The van der Waals surface area contributed by atoms with Crippen LogP contribution in [0.5, 0.6) is 0 Å². The number of benzene rings is 1. The Morgan fingerprint density at radius 2 is 1.75 bits per heavy atom. The Bertz CT molecular complexity index is 930. The van der Waals surface area contributed by atoms with E-state index < -0.39 is 17.4 Å². The first-order valence-electron chi connectivity index (χ1n) is 7.03. The molecule has 0 fully saturated rings. The largest absolute Gasteiger partial charge is 0.328 e. The molecule has 0 spiro atoms. The van der Waals surface area contributed by atoms with Crippen molar-refractivity contribution >= 4 is 11.8 Å². The van der Waals surface area contributed by atoms with Crippen LogP contribution in [0.2, 0.25) is 0 Å². The maximum absolute atomic E-state index is 12.2. The SMILES string of the molecule is O=C(NNC(=O)c1cncn1-c1ccccc1)c1ccc[nH]c1=O. The molecule has 2 aromatic heterocycles. The molecule has 3 rings (SSSR count). The van der Waals surface area contributed by atoms with Gasteiger partial charge >= 0.3 is 0 Å². The monoisotopic (exact) mass is 323 g/mol. The van der Waals surface area contributed by atoms with E-state index in [0.29, 0.717) is 0 Å². The number of hydrogen-bond acceptors (Lipinski definition) is 4. The van der Waals surface area contributed by atoms with Gasteiger partial charge < -0.3 is 4.98 Å². The number of aromatic nitrogens is 3. The van der Waals surface area contributed by atoms with Gasteiger partial charge in [0, 0.05) is 11.9 Å². The fourth-order valence-electron chi connectivity index (χ4n) is 2.10. The minimum Gasteiger partial charge on any atom is -0.328 e. The first kappa shape index (κ1) is 15.2. The Labute approximate surface area is 136 Å². The zero-order valence-electron chi connectivity index (χ0n) is 12.4. The van der Waals surface area contributed by atoms with Crippen molar-refractivity contribution in [1.82, 2.24) is 25.4 Å². The molecule has 0 saturated heterocycles. The lowest BCUT2D eigenvalue weighted by molar-refractivity contribution is 0.0842. The Hall–Kier alpha value is -3.68. The quantitative estimate of drug-likeness (QED) is 0.614. The zero-order valence-corrected chi connectivity index (χ0v) is 12.4. The summed E-state index contributed by atoms with van der Waals surface area (Å²) in [5.74, 6) is -1.27. The molecule has 3 N–H and O–H groups in total. The van der Waals surface area contributed by atoms with Crippen molar-refractivity contribution in [2.45, 2.75) is 0 Å². The minimum atomic E-state index is -0.712. The summed E-state index contributed by atoms with van der Waals surface area (Å²) < 4.78 is 1.58. The van der Waals surface area contributed by atoms with Gasteiger partial charge in [-0.15, -0.1) is 0 Å². The van der Waals surface area contributed by atoms with Crippen molar-refractivity contribution in [3.8, 4) is 5.69 Å². The highest BCUT2D eigenvalue weighted by atomic mass is 16.2. The lowest BCUT2D eigenvalue weighted by Gasteiger charge is -2.09. The van der Waals surface area contributed by atoms with Crippen LogP contribution in [0.4, 0.5) is 0 Å². The molecule has 120 valence electrons. The van der Waals surface area contributed by atoms with E-state index in [9.17, 15) is 14.4 Å². The van der Waals surface area contributed by atoms with Gasteiger partial charge in [0.2, 0.25) is 0 Å². The number of amides is 2. The Kier molecular flexibility index (Phi) is 4.19. The van der Waals surface area contributed by atoms with Crippen molar-refractivity contribution in [1.29, 1.82) is 0 Å². The Morgan fingerprint density at radius 3 is 2.50 bits per heavy atom. The van der Waals surface area contributed by atoms with Crippen LogP contribution in [0.25, 0.3) is 5.69 Å². The van der Waals surface area contributed by atoms with Crippen LogP contribution in [0, 0.1) is 0 Å². The van der Waals surface area contributed by atoms with E-state index in [2.05, 4.69) is 20.8 Å². The second-order valence-electron chi connectivity index (χ2n) is 4.81. The Balaban J connectivity index is 1.73. The van der Waals surface area contributed by atoms with E-state index in [1.807, 2.05) is 30.3 Å². The number of H-pyrrole nitrogens is 1. The van der Waals surface area contributed by atoms with Gasteiger partial charge in [-0.05, 0) is 24.3 Å². The summed E-state index contributed by atoms with van der Waals surface area (Å²) >= 11 is 0. The molecule has 2 heterocycles. The van der Waals surface area contributed by atoms with Gasteiger partial charge in [-0.2, -0.15) is 0 Å². The van der Waals surface area contributed by atoms with E-state index >= 15 is 0 Å². The molecule has 8 nitrogen and oxygen atoms in total. The van der Waals surface area contributed by atoms with Crippen LogP contribution >= 0.6 is 0 Å². The maximum atomic E-state index is 12.2. The summed E-state index contributed by atoms with van der Waals surface area (Å²) in [6.07, 6.45) is 4.29. The van der Waals surface area contributed by atoms with Crippen LogP contribution in [0.3, 0.4) is 0 Å². The molecular weight excluding hydrogens is 310 g/mol. The third kappa shape index (κ3) is 3.07. The fraction of sp³-hybridized carbons (Fsp3) is 0. The molecule has 0 aliphatic heterocycles. The average molecular weight is 323 g/mol. The smallest absolute Gasteiger partial charge is 0.288 e. The van der Waals surface area contributed by atoms with Gasteiger partial charge in [0.25, 0.3) is 17.4 Å². The predicted octanol–water partition coefficient (Wildman–Crippen LogP) is 0.635. The number of hydrogen-bond donors (Lipinski definition) is 3. The first-order chi connectivity index (χ1) is 11.7. The standard InChI is InChI=1S/C16H13N5O3/c22-14-12(7-4-8-18-14)15(23)19-20-16(24)13-9-17-10-21(13)11-5-2-1-3-6-11/h1-10H,(H,18,22)(H,19,23)(H,20,24). The number of carbonyl (C=O) groups is 2. The molecule has 0 atom stereocenters. The highest BCUT2D eigenvalue weighted by Crippen LogP contribution is 2.10. The van der Waals surface area contributed by atoms with E-state index in [0.717, 1.165) is 5.69 Å².